The molecule has 2 aromatic heterocycles. The Morgan fingerprint density at radius 3 is 3.14 bits per heavy atom. The molecule has 0 bridgehead atoms. The van der Waals surface area contributed by atoms with Crippen LogP contribution in [0.3, 0.4) is 0 Å². The van der Waals surface area contributed by atoms with E-state index in [0.717, 1.165) is 22.8 Å². The third-order valence-electron chi connectivity index (χ3n) is 3.75. The number of likely N-dealkylation sites (N-methyl/N-ethyl adjacent to an activating group) is 1. The number of aromatic amines is 1. The second-order valence-corrected chi connectivity index (χ2v) is 5.43. The first kappa shape index (κ1) is 13.8. The quantitative estimate of drug-likeness (QED) is 0.874. The summed E-state index contributed by atoms with van der Waals surface area (Å²) in [5.74, 6) is 0.0759. The van der Waals surface area contributed by atoms with Crippen molar-refractivity contribution in [1.82, 2.24) is 25.2 Å². The average Bonchev–Trinajstić information content (AvgIpc) is 2.93. The van der Waals surface area contributed by atoms with E-state index in [1.54, 1.807) is 11.2 Å². The van der Waals surface area contributed by atoms with Crippen molar-refractivity contribution in [3.05, 3.63) is 47.3 Å². The van der Waals surface area contributed by atoms with E-state index in [0.29, 0.717) is 19.5 Å². The molecule has 0 saturated heterocycles. The summed E-state index contributed by atoms with van der Waals surface area (Å²) in [6.07, 6.45) is 2.31. The highest BCUT2D eigenvalue weighted by Crippen LogP contribution is 2.14. The first-order chi connectivity index (χ1) is 10.1. The molecule has 110 valence electrons. The molecule has 0 radical (unpaired) electrons. The summed E-state index contributed by atoms with van der Waals surface area (Å²) < 4.78 is 0. The molecular formula is C15H19N5O. The van der Waals surface area contributed by atoms with Gasteiger partial charge >= 0.3 is 0 Å². The number of hydrogen-bond donors (Lipinski definition) is 2. The highest BCUT2D eigenvalue weighted by atomic mass is 16.2. The Morgan fingerprint density at radius 2 is 2.33 bits per heavy atom. The Morgan fingerprint density at radius 1 is 1.48 bits per heavy atom. The lowest BCUT2D eigenvalue weighted by Crippen LogP contribution is -2.48. The molecule has 3 heterocycles. The number of hydrogen-bond acceptors (Lipinski definition) is 4. The molecule has 0 saturated carbocycles. The zero-order valence-corrected chi connectivity index (χ0v) is 12.3. The molecule has 0 aliphatic carbocycles. The fraction of sp³-hybridized carbons (Fsp3) is 0.400. The highest BCUT2D eigenvalue weighted by Gasteiger charge is 2.27. The molecular weight excluding hydrogens is 266 g/mol. The van der Waals surface area contributed by atoms with Gasteiger partial charge < -0.3 is 9.88 Å². The smallest absolute Gasteiger partial charge is 0.240 e. The van der Waals surface area contributed by atoms with Gasteiger partial charge in [-0.3, -0.25) is 15.1 Å². The van der Waals surface area contributed by atoms with Crippen LogP contribution in [0.2, 0.25) is 0 Å². The Kier molecular flexibility index (Phi) is 3.70. The summed E-state index contributed by atoms with van der Waals surface area (Å²) in [6.45, 7) is 3.13. The lowest BCUT2D eigenvalue weighted by molar-refractivity contribution is -0.132. The van der Waals surface area contributed by atoms with Crippen LogP contribution in [0.1, 0.15) is 22.8 Å². The van der Waals surface area contributed by atoms with Crippen LogP contribution < -0.4 is 5.32 Å². The zero-order valence-electron chi connectivity index (χ0n) is 12.3. The zero-order chi connectivity index (χ0) is 14.8. The summed E-state index contributed by atoms with van der Waals surface area (Å²) >= 11 is 0. The first-order valence-corrected chi connectivity index (χ1v) is 7.05. The maximum absolute atomic E-state index is 12.5. The van der Waals surface area contributed by atoms with Crippen LogP contribution in [0.5, 0.6) is 0 Å². The van der Waals surface area contributed by atoms with Crippen molar-refractivity contribution in [2.75, 3.05) is 7.05 Å². The van der Waals surface area contributed by atoms with Crippen LogP contribution in [0.25, 0.3) is 0 Å². The van der Waals surface area contributed by atoms with E-state index in [2.05, 4.69) is 20.3 Å². The predicted molar refractivity (Wildman–Crippen MR) is 78.4 cm³/mol. The van der Waals surface area contributed by atoms with Gasteiger partial charge in [0.25, 0.3) is 0 Å². The first-order valence-electron chi connectivity index (χ1n) is 7.05. The predicted octanol–water partition coefficient (Wildman–Crippen LogP) is 0.786. The molecule has 21 heavy (non-hydrogen) atoms. The number of fused-ring (bicyclic) bond motifs is 1. The number of nitrogens with one attached hydrogen (secondary N) is 2. The molecule has 1 amide bonds. The average molecular weight is 285 g/mol. The molecule has 0 aromatic carbocycles. The molecule has 1 aliphatic rings. The molecule has 2 aromatic rings. The van der Waals surface area contributed by atoms with Crippen molar-refractivity contribution in [3.63, 3.8) is 0 Å². The number of nitrogens with zero attached hydrogens (tertiary/aromatic N) is 3. The second-order valence-electron chi connectivity index (χ2n) is 5.43. The van der Waals surface area contributed by atoms with E-state index >= 15 is 0 Å². The summed E-state index contributed by atoms with van der Waals surface area (Å²) in [5.41, 5.74) is 3.92. The molecule has 1 atom stereocenters. The largest absolute Gasteiger partial charge is 0.347 e. The van der Waals surface area contributed by atoms with Gasteiger partial charge in [-0.2, -0.15) is 0 Å². The summed E-state index contributed by atoms with van der Waals surface area (Å²) in [4.78, 5) is 26.0. The lowest BCUT2D eigenvalue weighted by atomic mass is 10.0. The minimum Gasteiger partial charge on any atom is -0.347 e. The summed E-state index contributed by atoms with van der Waals surface area (Å²) in [5, 5.41) is 3.26. The van der Waals surface area contributed by atoms with Gasteiger partial charge in [0, 0.05) is 25.7 Å². The minimum atomic E-state index is -0.212. The number of pyridine rings is 1. The highest BCUT2D eigenvalue weighted by molar-refractivity contribution is 5.82. The Hall–Kier alpha value is -2.21. The molecule has 0 spiro atoms. The maximum Gasteiger partial charge on any atom is 0.240 e. The van der Waals surface area contributed by atoms with Crippen LogP contribution in [0, 0.1) is 6.92 Å². The summed E-state index contributed by atoms with van der Waals surface area (Å²) in [7, 11) is 1.81. The Bertz CT molecular complexity index is 651. The molecule has 2 N–H and O–H groups in total. The van der Waals surface area contributed by atoms with Crippen molar-refractivity contribution in [2.24, 2.45) is 0 Å². The number of carbonyl (C=O) groups is 1. The normalized spacial score (nSPS) is 17.3. The number of aryl methyl sites for hydroxylation is 1. The van der Waals surface area contributed by atoms with Crippen molar-refractivity contribution < 1.29 is 4.79 Å². The SMILES string of the molecule is Cc1cccc(CN(C)C(=O)C2Cc3nc[nH]c3CN2)n1. The molecule has 6 nitrogen and oxygen atoms in total. The number of amides is 1. The van der Waals surface area contributed by atoms with E-state index < -0.39 is 0 Å². The standard InChI is InChI=1S/C15H19N5O/c1-10-4-3-5-11(19-10)8-20(2)15(21)13-6-12-14(7-16-13)18-9-17-12/h3-5,9,13,16H,6-8H2,1-2H3,(H,17,18). The summed E-state index contributed by atoms with van der Waals surface area (Å²) in [6, 6.07) is 5.64. The molecule has 1 unspecified atom stereocenters. The monoisotopic (exact) mass is 285 g/mol. The van der Waals surface area contributed by atoms with E-state index in [1.165, 1.54) is 0 Å². The number of H-pyrrole nitrogens is 1. The van der Waals surface area contributed by atoms with Gasteiger partial charge in [-0.1, -0.05) is 6.07 Å². The Labute approximate surface area is 123 Å². The van der Waals surface area contributed by atoms with E-state index in [1.807, 2.05) is 32.2 Å². The number of imidazole rings is 1. The van der Waals surface area contributed by atoms with Crippen molar-refractivity contribution >= 4 is 5.91 Å². The fourth-order valence-electron chi connectivity index (χ4n) is 2.62. The molecule has 1 aliphatic heterocycles. The van der Waals surface area contributed by atoms with Gasteiger partial charge in [-0.15, -0.1) is 0 Å². The van der Waals surface area contributed by atoms with Gasteiger partial charge in [0.05, 0.1) is 36.0 Å². The van der Waals surface area contributed by atoms with Gasteiger partial charge in [0.2, 0.25) is 5.91 Å². The van der Waals surface area contributed by atoms with E-state index in [9.17, 15) is 4.79 Å². The van der Waals surface area contributed by atoms with Crippen LogP contribution >= 0.6 is 0 Å². The molecule has 0 fully saturated rings. The molecule has 3 rings (SSSR count). The maximum atomic E-state index is 12.5. The number of carbonyl (C=O) groups excluding carboxylic acids is 1. The Balaban J connectivity index is 1.65. The van der Waals surface area contributed by atoms with Crippen molar-refractivity contribution in [1.29, 1.82) is 0 Å². The topological polar surface area (TPSA) is 73.9 Å². The molecule has 6 heteroatoms. The van der Waals surface area contributed by atoms with Crippen molar-refractivity contribution in [2.45, 2.75) is 32.5 Å². The number of rotatable bonds is 3. The lowest BCUT2D eigenvalue weighted by Gasteiger charge is -2.27. The van der Waals surface area contributed by atoms with Gasteiger partial charge in [-0.05, 0) is 19.1 Å². The fourth-order valence-corrected chi connectivity index (χ4v) is 2.62. The van der Waals surface area contributed by atoms with E-state index in [4.69, 9.17) is 0 Å². The van der Waals surface area contributed by atoms with Crippen LogP contribution in [-0.4, -0.2) is 38.8 Å². The van der Waals surface area contributed by atoms with Crippen LogP contribution in [-0.2, 0) is 24.3 Å². The van der Waals surface area contributed by atoms with E-state index in [-0.39, 0.29) is 11.9 Å². The second kappa shape index (κ2) is 5.65. The van der Waals surface area contributed by atoms with Crippen LogP contribution in [0.15, 0.2) is 24.5 Å². The minimum absolute atomic E-state index is 0.0759. The van der Waals surface area contributed by atoms with Gasteiger partial charge in [0.15, 0.2) is 0 Å². The van der Waals surface area contributed by atoms with Crippen molar-refractivity contribution in [3.8, 4) is 0 Å². The third kappa shape index (κ3) is 2.95. The number of aromatic nitrogens is 3. The van der Waals surface area contributed by atoms with Gasteiger partial charge in [-0.25, -0.2) is 4.98 Å². The third-order valence-corrected chi connectivity index (χ3v) is 3.75. The van der Waals surface area contributed by atoms with Crippen LogP contribution in [0.4, 0.5) is 0 Å². The van der Waals surface area contributed by atoms with Gasteiger partial charge in [0.1, 0.15) is 0 Å².